The topological polar surface area (TPSA) is 26.3 Å². The van der Waals surface area contributed by atoms with Crippen LogP contribution in [0.5, 0.6) is 0 Å². The second-order valence-corrected chi connectivity index (χ2v) is 7.75. The van der Waals surface area contributed by atoms with E-state index < -0.39 is 0 Å². The summed E-state index contributed by atoms with van der Waals surface area (Å²) in [5.74, 6) is 2.71. The fraction of sp³-hybridized carbons (Fsp3) is 0.941. The monoisotopic (exact) mass is 264 g/mol. The minimum absolute atomic E-state index is 0.0956. The predicted molar refractivity (Wildman–Crippen MR) is 75.6 cm³/mol. The summed E-state index contributed by atoms with van der Waals surface area (Å²) in [5, 5.41) is 0. The van der Waals surface area contributed by atoms with Crippen molar-refractivity contribution in [2.45, 2.75) is 65.2 Å². The molecular weight excluding hydrogens is 236 g/mol. The zero-order chi connectivity index (χ0) is 13.5. The highest BCUT2D eigenvalue weighted by Gasteiger charge is 2.52. The lowest BCUT2D eigenvalue weighted by Crippen LogP contribution is -2.51. The summed E-state index contributed by atoms with van der Waals surface area (Å²) in [4.78, 5) is 12.0. The molecule has 2 unspecified atom stereocenters. The lowest BCUT2D eigenvalue weighted by Gasteiger charge is -2.58. The quantitative estimate of drug-likeness (QED) is 0.715. The normalized spacial score (nSPS) is 37.5. The molecule has 4 rings (SSSR count). The van der Waals surface area contributed by atoms with Crippen molar-refractivity contribution in [3.63, 3.8) is 0 Å². The van der Waals surface area contributed by atoms with E-state index in [0.29, 0.717) is 17.9 Å². The highest BCUT2D eigenvalue weighted by Crippen LogP contribution is 2.60. The van der Waals surface area contributed by atoms with Crippen molar-refractivity contribution in [2.24, 2.45) is 29.1 Å². The van der Waals surface area contributed by atoms with Crippen LogP contribution in [0.15, 0.2) is 0 Å². The van der Waals surface area contributed by atoms with Gasteiger partial charge in [0.1, 0.15) is 0 Å². The van der Waals surface area contributed by atoms with E-state index in [1.54, 1.807) is 0 Å². The Labute approximate surface area is 117 Å². The van der Waals surface area contributed by atoms with Gasteiger partial charge in [-0.2, -0.15) is 0 Å². The van der Waals surface area contributed by atoms with Crippen molar-refractivity contribution in [3.05, 3.63) is 0 Å². The summed E-state index contributed by atoms with van der Waals surface area (Å²) in [5.41, 5.74) is 0.559. The van der Waals surface area contributed by atoms with Crippen LogP contribution in [0.2, 0.25) is 0 Å². The van der Waals surface area contributed by atoms with Gasteiger partial charge in [0, 0.05) is 0 Å². The van der Waals surface area contributed by atoms with Gasteiger partial charge >= 0.3 is 5.97 Å². The first-order valence-corrected chi connectivity index (χ1v) is 8.24. The number of esters is 1. The van der Waals surface area contributed by atoms with Crippen LogP contribution < -0.4 is 0 Å². The molecule has 0 aromatic heterocycles. The molecule has 4 aliphatic rings. The molecule has 2 atom stereocenters. The van der Waals surface area contributed by atoms with Gasteiger partial charge in [-0.15, -0.1) is 0 Å². The number of ether oxygens (including phenoxy) is 1. The standard InChI is InChI=1S/C17H28O2/c1-17(2)14-8-12(9-15(17)10-14)11-19-16(18)13-6-4-3-5-7-13/h12-15H,3-11H2,1-2H3. The van der Waals surface area contributed by atoms with Gasteiger partial charge in [0.05, 0.1) is 12.5 Å². The minimum Gasteiger partial charge on any atom is -0.465 e. The smallest absolute Gasteiger partial charge is 0.308 e. The van der Waals surface area contributed by atoms with Crippen molar-refractivity contribution in [1.82, 2.24) is 0 Å². The first kappa shape index (κ1) is 13.5. The lowest BCUT2D eigenvalue weighted by atomic mass is 9.47. The zero-order valence-corrected chi connectivity index (χ0v) is 12.5. The molecule has 19 heavy (non-hydrogen) atoms. The number of fused-ring (bicyclic) bond motifs is 2. The second-order valence-electron chi connectivity index (χ2n) is 7.75. The summed E-state index contributed by atoms with van der Waals surface area (Å²) in [7, 11) is 0. The molecule has 0 saturated heterocycles. The fourth-order valence-electron chi connectivity index (χ4n) is 4.62. The van der Waals surface area contributed by atoms with Crippen molar-refractivity contribution >= 4 is 5.97 Å². The summed E-state index contributed by atoms with van der Waals surface area (Å²) >= 11 is 0. The summed E-state index contributed by atoms with van der Waals surface area (Å²) < 4.78 is 5.62. The van der Waals surface area contributed by atoms with Crippen molar-refractivity contribution < 1.29 is 9.53 Å². The molecule has 108 valence electrons. The van der Waals surface area contributed by atoms with Crippen molar-refractivity contribution in [1.29, 1.82) is 0 Å². The molecule has 0 spiro atoms. The van der Waals surface area contributed by atoms with Gasteiger partial charge in [0.25, 0.3) is 0 Å². The molecule has 2 heteroatoms. The third-order valence-electron chi connectivity index (χ3n) is 6.31. The van der Waals surface area contributed by atoms with E-state index in [1.165, 1.54) is 38.5 Å². The Hall–Kier alpha value is -0.530. The molecule has 0 aromatic rings. The number of hydrogen-bond donors (Lipinski definition) is 0. The van der Waals surface area contributed by atoms with Crippen LogP contribution in [0.4, 0.5) is 0 Å². The Balaban J connectivity index is 1.42. The SMILES string of the molecule is CC1(C)C2CC(COC(=O)C3CCCCC3)CC1C2. The second kappa shape index (κ2) is 5.10. The van der Waals surface area contributed by atoms with Crippen LogP contribution in [0.1, 0.15) is 65.2 Å². The van der Waals surface area contributed by atoms with Gasteiger partial charge in [-0.3, -0.25) is 4.79 Å². The Morgan fingerprint density at radius 1 is 1.05 bits per heavy atom. The average molecular weight is 264 g/mol. The van der Waals surface area contributed by atoms with Gasteiger partial charge in [0.15, 0.2) is 0 Å². The Morgan fingerprint density at radius 2 is 1.68 bits per heavy atom. The van der Waals surface area contributed by atoms with E-state index in [0.717, 1.165) is 24.7 Å². The molecular formula is C17H28O2. The van der Waals surface area contributed by atoms with Crippen LogP contribution in [0, 0.1) is 29.1 Å². The first-order valence-electron chi connectivity index (χ1n) is 8.24. The molecule has 0 amide bonds. The summed E-state index contributed by atoms with van der Waals surface area (Å²) in [6.07, 6.45) is 9.81. The highest BCUT2D eigenvalue weighted by molar-refractivity contribution is 5.72. The maximum absolute atomic E-state index is 12.0. The summed E-state index contributed by atoms with van der Waals surface area (Å²) in [6.45, 7) is 5.52. The van der Waals surface area contributed by atoms with Gasteiger partial charge < -0.3 is 4.74 Å². The van der Waals surface area contributed by atoms with Crippen LogP contribution in [0.3, 0.4) is 0 Å². The maximum atomic E-state index is 12.0. The molecule has 0 radical (unpaired) electrons. The number of carbonyl (C=O) groups is 1. The van der Waals surface area contributed by atoms with Crippen LogP contribution >= 0.6 is 0 Å². The van der Waals surface area contributed by atoms with Gasteiger partial charge in [-0.05, 0) is 55.3 Å². The van der Waals surface area contributed by atoms with E-state index in [2.05, 4.69) is 13.8 Å². The third-order valence-corrected chi connectivity index (χ3v) is 6.31. The molecule has 2 bridgehead atoms. The Kier molecular flexibility index (Phi) is 3.61. The molecule has 2 nitrogen and oxygen atoms in total. The van der Waals surface area contributed by atoms with E-state index >= 15 is 0 Å². The molecule has 0 heterocycles. The van der Waals surface area contributed by atoms with E-state index in [4.69, 9.17) is 4.74 Å². The number of carbonyl (C=O) groups excluding carboxylic acids is 1. The van der Waals surface area contributed by atoms with Gasteiger partial charge in [0.2, 0.25) is 0 Å². The van der Waals surface area contributed by atoms with Crippen molar-refractivity contribution in [3.8, 4) is 0 Å². The Morgan fingerprint density at radius 3 is 2.26 bits per heavy atom. The lowest BCUT2D eigenvalue weighted by molar-refractivity contribution is -0.156. The fourth-order valence-corrected chi connectivity index (χ4v) is 4.62. The third kappa shape index (κ3) is 2.55. The van der Waals surface area contributed by atoms with Gasteiger partial charge in [-0.25, -0.2) is 0 Å². The molecule has 4 fully saturated rings. The largest absolute Gasteiger partial charge is 0.465 e. The number of hydrogen-bond acceptors (Lipinski definition) is 2. The van der Waals surface area contributed by atoms with Gasteiger partial charge in [-0.1, -0.05) is 33.1 Å². The molecule has 4 saturated carbocycles. The zero-order valence-electron chi connectivity index (χ0n) is 12.5. The first-order chi connectivity index (χ1) is 9.07. The Bertz CT molecular complexity index is 327. The molecule has 0 aliphatic heterocycles. The van der Waals surface area contributed by atoms with Crippen LogP contribution in [-0.4, -0.2) is 12.6 Å². The molecule has 4 aliphatic carbocycles. The minimum atomic E-state index is 0.0956. The molecule has 0 aromatic carbocycles. The maximum Gasteiger partial charge on any atom is 0.308 e. The number of rotatable bonds is 3. The highest BCUT2D eigenvalue weighted by atomic mass is 16.5. The van der Waals surface area contributed by atoms with E-state index in [9.17, 15) is 4.79 Å². The van der Waals surface area contributed by atoms with Crippen LogP contribution in [-0.2, 0) is 9.53 Å². The van der Waals surface area contributed by atoms with Crippen LogP contribution in [0.25, 0.3) is 0 Å². The van der Waals surface area contributed by atoms with Crippen molar-refractivity contribution in [2.75, 3.05) is 6.61 Å². The van der Waals surface area contributed by atoms with E-state index in [1.807, 2.05) is 0 Å². The summed E-state index contributed by atoms with van der Waals surface area (Å²) in [6, 6.07) is 0. The predicted octanol–water partition coefficient (Wildman–Crippen LogP) is 4.18. The molecule has 0 N–H and O–H groups in total. The average Bonchev–Trinajstić information content (AvgIpc) is 2.46. The van der Waals surface area contributed by atoms with E-state index in [-0.39, 0.29) is 11.9 Å².